The van der Waals surface area contributed by atoms with Crippen molar-refractivity contribution in [2.75, 3.05) is 17.8 Å². The molecule has 0 aliphatic carbocycles. The lowest BCUT2D eigenvalue weighted by Crippen LogP contribution is -2.30. The molecule has 0 spiro atoms. The molecule has 0 saturated carbocycles. The molecule has 4 aromatic rings. The molecule has 4 rings (SSSR count). The Morgan fingerprint density at radius 2 is 1.84 bits per heavy atom. The van der Waals surface area contributed by atoms with Gasteiger partial charge in [0.2, 0.25) is 5.91 Å². The highest BCUT2D eigenvalue weighted by atomic mass is 35.5. The number of hydrogen-bond donors (Lipinski definition) is 0. The van der Waals surface area contributed by atoms with Crippen LogP contribution in [0.5, 0.6) is 5.75 Å². The second kappa shape index (κ2) is 10.4. The van der Waals surface area contributed by atoms with Gasteiger partial charge in [-0.2, -0.15) is 0 Å². The summed E-state index contributed by atoms with van der Waals surface area (Å²) in [6.07, 6.45) is 0.409. The summed E-state index contributed by atoms with van der Waals surface area (Å²) in [7, 11) is 1.65. The van der Waals surface area contributed by atoms with Crippen molar-refractivity contribution in [2.24, 2.45) is 0 Å². The molecule has 4 nitrogen and oxygen atoms in total. The van der Waals surface area contributed by atoms with Gasteiger partial charge in [0.25, 0.3) is 0 Å². The molecule has 32 heavy (non-hydrogen) atoms. The van der Waals surface area contributed by atoms with Crippen LogP contribution in [0.1, 0.15) is 17.5 Å². The highest BCUT2D eigenvalue weighted by Crippen LogP contribution is 2.36. The number of fused-ring (bicyclic) bond motifs is 1. The summed E-state index contributed by atoms with van der Waals surface area (Å²) < 4.78 is 6.12. The zero-order valence-corrected chi connectivity index (χ0v) is 20.3. The molecular formula is C25H23ClN2O2S2. The van der Waals surface area contributed by atoms with Gasteiger partial charge in [0.15, 0.2) is 5.13 Å². The van der Waals surface area contributed by atoms with Crippen molar-refractivity contribution >= 4 is 56.0 Å². The van der Waals surface area contributed by atoms with Crippen LogP contribution in [-0.4, -0.2) is 23.8 Å². The number of ether oxygens (including phenoxy) is 1. The number of amides is 1. The summed E-state index contributed by atoms with van der Waals surface area (Å²) in [6.45, 7) is 2.49. The molecule has 0 N–H and O–H groups in total. The van der Waals surface area contributed by atoms with Crippen molar-refractivity contribution in [3.05, 3.63) is 82.9 Å². The first kappa shape index (κ1) is 22.6. The van der Waals surface area contributed by atoms with E-state index in [2.05, 4.69) is 0 Å². The molecular weight excluding hydrogens is 460 g/mol. The zero-order chi connectivity index (χ0) is 22.5. The SMILES string of the molecule is COc1ccc(SCCC(=O)N(Cc2ccccc2)c2nc3c(C)ccc(Cl)c3s2)cc1. The Morgan fingerprint density at radius 3 is 2.53 bits per heavy atom. The maximum absolute atomic E-state index is 13.3. The van der Waals surface area contributed by atoms with Gasteiger partial charge in [-0.1, -0.05) is 59.3 Å². The van der Waals surface area contributed by atoms with E-state index in [-0.39, 0.29) is 5.91 Å². The normalized spacial score (nSPS) is 11.0. The van der Waals surface area contributed by atoms with Gasteiger partial charge in [-0.3, -0.25) is 9.69 Å². The third kappa shape index (κ3) is 5.26. The number of thiazole rings is 1. The van der Waals surface area contributed by atoms with Crippen LogP contribution >= 0.6 is 34.7 Å². The minimum atomic E-state index is 0.0442. The Kier molecular flexibility index (Phi) is 7.35. The maximum Gasteiger partial charge on any atom is 0.229 e. The van der Waals surface area contributed by atoms with Gasteiger partial charge in [0, 0.05) is 17.1 Å². The molecule has 1 heterocycles. The van der Waals surface area contributed by atoms with Gasteiger partial charge in [-0.15, -0.1) is 11.8 Å². The Hall–Kier alpha value is -2.54. The van der Waals surface area contributed by atoms with Crippen LogP contribution in [0.2, 0.25) is 5.02 Å². The molecule has 7 heteroatoms. The number of rotatable bonds is 8. The van der Waals surface area contributed by atoms with Crippen LogP contribution in [-0.2, 0) is 11.3 Å². The molecule has 0 unspecified atom stereocenters. The molecule has 0 radical (unpaired) electrons. The number of carbonyl (C=O) groups is 1. The van der Waals surface area contributed by atoms with E-state index in [4.69, 9.17) is 21.3 Å². The van der Waals surface area contributed by atoms with Crippen molar-refractivity contribution in [2.45, 2.75) is 24.8 Å². The fourth-order valence-electron chi connectivity index (χ4n) is 3.30. The molecule has 0 aliphatic heterocycles. The third-order valence-electron chi connectivity index (χ3n) is 5.05. The van der Waals surface area contributed by atoms with E-state index >= 15 is 0 Å². The van der Waals surface area contributed by atoms with E-state index in [1.807, 2.05) is 73.7 Å². The molecule has 0 saturated heterocycles. The van der Waals surface area contributed by atoms with E-state index in [0.717, 1.165) is 32.0 Å². The number of benzene rings is 3. The smallest absolute Gasteiger partial charge is 0.229 e. The monoisotopic (exact) mass is 482 g/mol. The van der Waals surface area contributed by atoms with Crippen molar-refractivity contribution < 1.29 is 9.53 Å². The van der Waals surface area contributed by atoms with E-state index in [1.165, 1.54) is 11.3 Å². The average molecular weight is 483 g/mol. The van der Waals surface area contributed by atoms with E-state index < -0.39 is 0 Å². The van der Waals surface area contributed by atoms with E-state index in [1.54, 1.807) is 23.8 Å². The minimum Gasteiger partial charge on any atom is -0.497 e. The quantitative estimate of drug-likeness (QED) is 0.254. The molecule has 0 bridgehead atoms. The van der Waals surface area contributed by atoms with Crippen LogP contribution in [0.15, 0.2) is 71.6 Å². The Morgan fingerprint density at radius 1 is 1.09 bits per heavy atom. The Labute approximate surface area is 201 Å². The second-order valence-corrected chi connectivity index (χ2v) is 9.83. The van der Waals surface area contributed by atoms with E-state index in [0.29, 0.717) is 28.9 Å². The van der Waals surface area contributed by atoms with Crippen molar-refractivity contribution in [3.8, 4) is 5.75 Å². The minimum absolute atomic E-state index is 0.0442. The summed E-state index contributed by atoms with van der Waals surface area (Å²) in [5, 5.41) is 1.34. The summed E-state index contributed by atoms with van der Waals surface area (Å²) in [4.78, 5) is 21.0. The molecule has 1 amide bonds. The zero-order valence-electron chi connectivity index (χ0n) is 17.9. The predicted octanol–water partition coefficient (Wildman–Crippen LogP) is 6.98. The fraction of sp³-hybridized carbons (Fsp3) is 0.200. The summed E-state index contributed by atoms with van der Waals surface area (Å²) in [6, 6.07) is 21.7. The van der Waals surface area contributed by atoms with Gasteiger partial charge >= 0.3 is 0 Å². The summed E-state index contributed by atoms with van der Waals surface area (Å²) in [5.41, 5.74) is 2.97. The first-order valence-corrected chi connectivity index (χ1v) is 12.4. The highest BCUT2D eigenvalue weighted by molar-refractivity contribution is 7.99. The molecule has 3 aromatic carbocycles. The van der Waals surface area contributed by atoms with Crippen LogP contribution in [0, 0.1) is 6.92 Å². The third-order valence-corrected chi connectivity index (χ3v) is 7.60. The van der Waals surface area contributed by atoms with Crippen molar-refractivity contribution in [3.63, 3.8) is 0 Å². The molecule has 0 fully saturated rings. The Balaban J connectivity index is 1.54. The number of halogens is 1. The van der Waals surface area contributed by atoms with Gasteiger partial charge in [-0.25, -0.2) is 4.98 Å². The summed E-state index contributed by atoms with van der Waals surface area (Å²) >= 11 is 9.54. The fourth-order valence-corrected chi connectivity index (χ4v) is 5.47. The van der Waals surface area contributed by atoms with Crippen LogP contribution in [0.4, 0.5) is 5.13 Å². The van der Waals surface area contributed by atoms with E-state index in [9.17, 15) is 4.79 Å². The molecule has 1 aromatic heterocycles. The topological polar surface area (TPSA) is 42.4 Å². The average Bonchev–Trinajstić information content (AvgIpc) is 3.27. The van der Waals surface area contributed by atoms with Crippen LogP contribution < -0.4 is 9.64 Å². The number of nitrogens with zero attached hydrogens (tertiary/aromatic N) is 2. The molecule has 0 atom stereocenters. The van der Waals surface area contributed by atoms with Crippen molar-refractivity contribution in [1.82, 2.24) is 4.98 Å². The number of aromatic nitrogens is 1. The first-order valence-electron chi connectivity index (χ1n) is 10.2. The standard InChI is InChI=1S/C25H23ClN2O2S2/c1-17-8-13-21(26)24-23(17)27-25(32-24)28(16-18-6-4-3-5-7-18)22(29)14-15-31-20-11-9-19(30-2)10-12-20/h3-13H,14-16H2,1-2H3. The number of methoxy groups -OCH3 is 1. The molecule has 0 aliphatic rings. The number of thioether (sulfide) groups is 1. The Bertz CT molecular complexity index is 1170. The van der Waals surface area contributed by atoms with Crippen molar-refractivity contribution in [1.29, 1.82) is 0 Å². The maximum atomic E-state index is 13.3. The lowest BCUT2D eigenvalue weighted by molar-refractivity contribution is -0.118. The van der Waals surface area contributed by atoms with Crippen LogP contribution in [0.25, 0.3) is 10.2 Å². The highest BCUT2D eigenvalue weighted by Gasteiger charge is 2.21. The van der Waals surface area contributed by atoms with Gasteiger partial charge in [0.1, 0.15) is 5.75 Å². The number of aryl methyl sites for hydroxylation is 1. The largest absolute Gasteiger partial charge is 0.497 e. The predicted molar refractivity (Wildman–Crippen MR) is 135 cm³/mol. The van der Waals surface area contributed by atoms with Gasteiger partial charge in [-0.05, 0) is 48.4 Å². The first-order chi connectivity index (χ1) is 15.5. The second-order valence-electron chi connectivity index (χ2n) is 7.28. The molecule has 164 valence electrons. The van der Waals surface area contributed by atoms with Gasteiger partial charge < -0.3 is 4.74 Å². The summed E-state index contributed by atoms with van der Waals surface area (Å²) in [5.74, 6) is 1.55. The number of hydrogen-bond acceptors (Lipinski definition) is 5. The lowest BCUT2D eigenvalue weighted by atomic mass is 10.2. The number of carbonyl (C=O) groups excluding carboxylic acids is 1. The number of anilines is 1. The lowest BCUT2D eigenvalue weighted by Gasteiger charge is -2.20. The van der Waals surface area contributed by atoms with Gasteiger partial charge in [0.05, 0.1) is 28.9 Å². The van der Waals surface area contributed by atoms with Crippen LogP contribution in [0.3, 0.4) is 0 Å².